The van der Waals surface area contributed by atoms with E-state index in [0.717, 1.165) is 51.1 Å². The number of hydrogen-bond acceptors (Lipinski definition) is 4. The van der Waals surface area contributed by atoms with Crippen LogP contribution in [0.2, 0.25) is 0 Å². The van der Waals surface area contributed by atoms with Gasteiger partial charge in [0.05, 0.1) is 6.54 Å². The number of likely N-dealkylation sites (N-methyl/N-ethyl adjacent to an activating group) is 1. The third kappa shape index (κ3) is 5.94. The molecule has 0 spiro atoms. The molecule has 0 atom stereocenters. The number of likely N-dealkylation sites (tertiary alicyclic amines) is 1. The largest absolute Gasteiger partial charge is 0.381 e. The molecule has 1 saturated carbocycles. The second kappa shape index (κ2) is 10.4. The molecular formula is C19H38IN5O. The molecule has 0 bridgehead atoms. The maximum absolute atomic E-state index is 5.57. The van der Waals surface area contributed by atoms with E-state index in [0.29, 0.717) is 6.04 Å². The minimum absolute atomic E-state index is 0. The smallest absolute Gasteiger partial charge is 0.191 e. The van der Waals surface area contributed by atoms with Gasteiger partial charge in [0.1, 0.15) is 0 Å². The van der Waals surface area contributed by atoms with E-state index in [9.17, 15) is 0 Å². The molecule has 3 aliphatic rings. The van der Waals surface area contributed by atoms with Gasteiger partial charge in [-0.15, -0.1) is 24.0 Å². The molecular weight excluding hydrogens is 441 g/mol. The molecule has 2 saturated heterocycles. The standard InChI is InChI=1S/C19H37N5O.HI/c1-4-20-18(21-15-19(23(2)3)9-13-25-14-10-19)22-16-7-11-24(12-8-16)17-5-6-17;/h16-17H,4-15H2,1-3H3,(H2,20,21,22);1H. The lowest BCUT2D eigenvalue weighted by molar-refractivity contribution is -0.00256. The minimum atomic E-state index is 0. The van der Waals surface area contributed by atoms with Crippen molar-refractivity contribution in [2.24, 2.45) is 4.99 Å². The molecule has 3 rings (SSSR count). The molecule has 2 heterocycles. The number of halogens is 1. The Labute approximate surface area is 176 Å². The van der Waals surface area contributed by atoms with Gasteiger partial charge in [0.15, 0.2) is 5.96 Å². The number of aliphatic imine (C=N–C) groups is 1. The first-order chi connectivity index (χ1) is 12.1. The summed E-state index contributed by atoms with van der Waals surface area (Å²) in [5.41, 5.74) is 0.135. The van der Waals surface area contributed by atoms with Gasteiger partial charge in [-0.05, 0) is 59.5 Å². The number of rotatable bonds is 6. The third-order valence-electron chi connectivity index (χ3n) is 6.18. The average Bonchev–Trinajstić information content (AvgIpc) is 3.46. The van der Waals surface area contributed by atoms with Crippen LogP contribution in [0, 0.1) is 0 Å². The number of nitrogens with zero attached hydrogens (tertiary/aromatic N) is 3. The van der Waals surface area contributed by atoms with E-state index in [-0.39, 0.29) is 29.5 Å². The van der Waals surface area contributed by atoms with Gasteiger partial charge in [-0.2, -0.15) is 0 Å². The molecule has 0 aromatic carbocycles. The zero-order valence-electron chi connectivity index (χ0n) is 16.8. The Morgan fingerprint density at radius 2 is 1.81 bits per heavy atom. The van der Waals surface area contributed by atoms with Crippen LogP contribution in [0.3, 0.4) is 0 Å². The normalized spacial score (nSPS) is 25.0. The van der Waals surface area contributed by atoms with Gasteiger partial charge >= 0.3 is 0 Å². The van der Waals surface area contributed by atoms with Crippen molar-refractivity contribution in [3.63, 3.8) is 0 Å². The summed E-state index contributed by atoms with van der Waals surface area (Å²) in [6, 6.07) is 1.45. The second-order valence-electron chi connectivity index (χ2n) is 8.11. The summed E-state index contributed by atoms with van der Waals surface area (Å²) in [6.45, 7) is 8.05. The number of guanidine groups is 1. The molecule has 7 heteroatoms. The van der Waals surface area contributed by atoms with Crippen molar-refractivity contribution in [2.75, 3.05) is 53.5 Å². The highest BCUT2D eigenvalue weighted by atomic mass is 127. The number of hydrogen-bond donors (Lipinski definition) is 2. The van der Waals surface area contributed by atoms with Crippen molar-refractivity contribution in [1.82, 2.24) is 20.4 Å². The number of nitrogens with one attached hydrogen (secondary N) is 2. The van der Waals surface area contributed by atoms with E-state index < -0.39 is 0 Å². The molecule has 2 aliphatic heterocycles. The van der Waals surface area contributed by atoms with Crippen molar-refractivity contribution in [3.05, 3.63) is 0 Å². The highest BCUT2D eigenvalue weighted by molar-refractivity contribution is 14.0. The maximum Gasteiger partial charge on any atom is 0.191 e. The first kappa shape index (κ1) is 22.2. The Morgan fingerprint density at radius 1 is 1.15 bits per heavy atom. The average molecular weight is 479 g/mol. The summed E-state index contributed by atoms with van der Waals surface area (Å²) in [5, 5.41) is 7.14. The number of piperidine rings is 1. The summed E-state index contributed by atoms with van der Waals surface area (Å²) < 4.78 is 5.57. The summed E-state index contributed by atoms with van der Waals surface area (Å²) in [5.74, 6) is 0.986. The van der Waals surface area contributed by atoms with Crippen molar-refractivity contribution in [2.45, 2.75) is 63.1 Å². The van der Waals surface area contributed by atoms with E-state index in [2.05, 4.69) is 41.5 Å². The van der Waals surface area contributed by atoms with Crippen LogP contribution in [0.15, 0.2) is 4.99 Å². The van der Waals surface area contributed by atoms with Crippen molar-refractivity contribution >= 4 is 29.9 Å². The zero-order chi connectivity index (χ0) is 17.7. The molecule has 26 heavy (non-hydrogen) atoms. The molecule has 152 valence electrons. The van der Waals surface area contributed by atoms with E-state index in [1.807, 2.05) is 0 Å². The SMILES string of the molecule is CCNC(=NCC1(N(C)C)CCOCC1)NC1CCN(C2CC2)CC1.I. The van der Waals surface area contributed by atoms with Crippen molar-refractivity contribution in [1.29, 1.82) is 0 Å². The van der Waals surface area contributed by atoms with Crippen LogP contribution in [0.25, 0.3) is 0 Å². The summed E-state index contributed by atoms with van der Waals surface area (Å²) in [7, 11) is 4.35. The predicted molar refractivity (Wildman–Crippen MR) is 119 cm³/mol. The number of ether oxygens (including phenoxy) is 1. The van der Waals surface area contributed by atoms with Gasteiger partial charge in [-0.25, -0.2) is 0 Å². The minimum Gasteiger partial charge on any atom is -0.381 e. The highest BCUT2D eigenvalue weighted by Gasteiger charge is 2.35. The van der Waals surface area contributed by atoms with Gasteiger partial charge in [0.2, 0.25) is 0 Å². The van der Waals surface area contributed by atoms with Crippen LogP contribution < -0.4 is 10.6 Å². The summed E-state index contributed by atoms with van der Waals surface area (Å²) >= 11 is 0. The van der Waals surface area contributed by atoms with Gasteiger partial charge in [0.25, 0.3) is 0 Å². The first-order valence-corrected chi connectivity index (χ1v) is 10.2. The van der Waals surface area contributed by atoms with Crippen LogP contribution in [-0.2, 0) is 4.74 Å². The van der Waals surface area contributed by atoms with E-state index in [4.69, 9.17) is 9.73 Å². The van der Waals surface area contributed by atoms with Crippen LogP contribution in [0.5, 0.6) is 0 Å². The topological polar surface area (TPSA) is 52.1 Å². The Hall–Kier alpha value is -0.120. The zero-order valence-corrected chi connectivity index (χ0v) is 19.1. The maximum atomic E-state index is 5.57. The predicted octanol–water partition coefficient (Wildman–Crippen LogP) is 1.90. The van der Waals surface area contributed by atoms with E-state index in [1.54, 1.807) is 0 Å². The fourth-order valence-electron chi connectivity index (χ4n) is 4.09. The Morgan fingerprint density at radius 3 is 2.35 bits per heavy atom. The molecule has 0 aromatic rings. The molecule has 2 N–H and O–H groups in total. The van der Waals surface area contributed by atoms with Crippen molar-refractivity contribution < 1.29 is 4.74 Å². The Bertz CT molecular complexity index is 441. The monoisotopic (exact) mass is 479 g/mol. The molecule has 6 nitrogen and oxygen atoms in total. The van der Waals surface area contributed by atoms with Gasteiger partial charge in [0, 0.05) is 50.5 Å². The van der Waals surface area contributed by atoms with Gasteiger partial charge in [-0.1, -0.05) is 0 Å². The molecule has 0 aromatic heterocycles. The van der Waals surface area contributed by atoms with Gasteiger partial charge in [-0.3, -0.25) is 4.99 Å². The van der Waals surface area contributed by atoms with Crippen LogP contribution in [0.4, 0.5) is 0 Å². The summed E-state index contributed by atoms with van der Waals surface area (Å²) in [4.78, 5) is 9.99. The molecule has 3 fully saturated rings. The third-order valence-corrected chi connectivity index (χ3v) is 6.18. The molecule has 0 radical (unpaired) electrons. The highest BCUT2D eigenvalue weighted by Crippen LogP contribution is 2.29. The molecule has 1 aliphatic carbocycles. The lowest BCUT2D eigenvalue weighted by Crippen LogP contribution is -2.53. The molecule has 0 unspecified atom stereocenters. The van der Waals surface area contributed by atoms with Gasteiger partial charge < -0.3 is 25.2 Å². The van der Waals surface area contributed by atoms with Crippen LogP contribution in [-0.4, -0.2) is 86.9 Å². The molecule has 0 amide bonds. The second-order valence-corrected chi connectivity index (χ2v) is 8.11. The fourth-order valence-corrected chi connectivity index (χ4v) is 4.09. The van der Waals surface area contributed by atoms with Crippen molar-refractivity contribution in [3.8, 4) is 0 Å². The summed E-state index contributed by atoms with van der Waals surface area (Å²) in [6.07, 6.45) is 7.41. The lowest BCUT2D eigenvalue weighted by atomic mass is 9.89. The first-order valence-electron chi connectivity index (χ1n) is 10.2. The van der Waals surface area contributed by atoms with Crippen LogP contribution in [0.1, 0.15) is 45.4 Å². The van der Waals surface area contributed by atoms with E-state index in [1.165, 1.54) is 38.8 Å². The Kier molecular flexibility index (Phi) is 8.90. The van der Waals surface area contributed by atoms with E-state index >= 15 is 0 Å². The lowest BCUT2D eigenvalue weighted by Gasteiger charge is -2.42. The fraction of sp³-hybridized carbons (Fsp3) is 0.947. The quantitative estimate of drug-likeness (QED) is 0.346. The Balaban J connectivity index is 0.00000243. The van der Waals surface area contributed by atoms with Crippen LogP contribution >= 0.6 is 24.0 Å².